The first-order valence-electron chi connectivity index (χ1n) is 5.65. The number of piperidine rings is 1. The molecule has 1 atom stereocenters. The first kappa shape index (κ1) is 11.0. The van der Waals surface area contributed by atoms with Crippen LogP contribution in [0.2, 0.25) is 0 Å². The van der Waals surface area contributed by atoms with E-state index < -0.39 is 0 Å². The summed E-state index contributed by atoms with van der Waals surface area (Å²) < 4.78 is 11.3. The highest BCUT2D eigenvalue weighted by Crippen LogP contribution is 2.31. The molecule has 0 aliphatic carbocycles. The summed E-state index contributed by atoms with van der Waals surface area (Å²) >= 11 is 0. The highest BCUT2D eigenvalue weighted by atomic mass is 16.7. The average Bonchev–Trinajstić information content (AvgIpc) is 2.67. The van der Waals surface area contributed by atoms with E-state index in [2.05, 4.69) is 4.90 Å². The van der Waals surface area contributed by atoms with Crippen molar-refractivity contribution in [2.75, 3.05) is 26.3 Å². The Hall–Kier alpha value is -0.450. The largest absolute Gasteiger partial charge is 0.347 e. The van der Waals surface area contributed by atoms with Gasteiger partial charge in [0.05, 0.1) is 19.3 Å². The van der Waals surface area contributed by atoms with Crippen molar-refractivity contribution >= 4 is 5.78 Å². The average molecular weight is 213 g/mol. The number of Topliss-reactive ketones (excluding diaryl/α,β-unsaturated/α-hetero) is 1. The van der Waals surface area contributed by atoms with Crippen molar-refractivity contribution in [2.24, 2.45) is 0 Å². The number of ketones is 1. The Balaban J connectivity index is 1.89. The van der Waals surface area contributed by atoms with Gasteiger partial charge in [0.2, 0.25) is 0 Å². The molecule has 2 heterocycles. The van der Waals surface area contributed by atoms with Gasteiger partial charge in [-0.3, -0.25) is 9.69 Å². The topological polar surface area (TPSA) is 38.8 Å². The van der Waals surface area contributed by atoms with Crippen LogP contribution >= 0.6 is 0 Å². The molecule has 0 N–H and O–H groups in total. The van der Waals surface area contributed by atoms with Gasteiger partial charge in [0.15, 0.2) is 5.79 Å². The van der Waals surface area contributed by atoms with Gasteiger partial charge in [-0.2, -0.15) is 0 Å². The van der Waals surface area contributed by atoms with Gasteiger partial charge in [-0.05, 0) is 13.8 Å². The second-order valence-electron chi connectivity index (χ2n) is 4.43. The molecule has 2 rings (SSSR count). The summed E-state index contributed by atoms with van der Waals surface area (Å²) in [5, 5.41) is 0. The van der Waals surface area contributed by atoms with Gasteiger partial charge in [-0.15, -0.1) is 0 Å². The number of nitrogens with zero attached hydrogens (tertiary/aromatic N) is 1. The highest BCUT2D eigenvalue weighted by molar-refractivity contribution is 5.80. The maximum Gasteiger partial charge on any atom is 0.170 e. The van der Waals surface area contributed by atoms with Crippen molar-refractivity contribution in [3.63, 3.8) is 0 Å². The molecule has 0 amide bonds. The third-order valence-corrected chi connectivity index (χ3v) is 3.51. The predicted octanol–water partition coefficient (Wildman–Crippen LogP) is 0.803. The van der Waals surface area contributed by atoms with Gasteiger partial charge in [0, 0.05) is 25.9 Å². The lowest BCUT2D eigenvalue weighted by molar-refractivity contribution is -0.188. The maximum absolute atomic E-state index is 11.3. The van der Waals surface area contributed by atoms with E-state index in [0.717, 1.165) is 25.9 Å². The van der Waals surface area contributed by atoms with Gasteiger partial charge >= 0.3 is 0 Å². The molecule has 0 radical (unpaired) electrons. The van der Waals surface area contributed by atoms with E-state index in [0.29, 0.717) is 13.2 Å². The van der Waals surface area contributed by atoms with Crippen molar-refractivity contribution in [3.05, 3.63) is 0 Å². The fourth-order valence-electron chi connectivity index (χ4n) is 2.29. The van der Waals surface area contributed by atoms with Crippen LogP contribution in [0.5, 0.6) is 0 Å². The number of hydrogen-bond acceptors (Lipinski definition) is 4. The molecule has 0 aromatic heterocycles. The quantitative estimate of drug-likeness (QED) is 0.680. The molecular weight excluding hydrogens is 194 g/mol. The fraction of sp³-hybridized carbons (Fsp3) is 0.909. The van der Waals surface area contributed by atoms with Gasteiger partial charge < -0.3 is 9.47 Å². The number of rotatable bonds is 2. The maximum atomic E-state index is 11.3. The van der Waals surface area contributed by atoms with Crippen LogP contribution < -0.4 is 0 Å². The summed E-state index contributed by atoms with van der Waals surface area (Å²) in [6, 6.07) is 0.0313. The second kappa shape index (κ2) is 4.20. The predicted molar refractivity (Wildman–Crippen MR) is 55.6 cm³/mol. The zero-order valence-electron chi connectivity index (χ0n) is 9.49. The van der Waals surface area contributed by atoms with Crippen molar-refractivity contribution in [3.8, 4) is 0 Å². The van der Waals surface area contributed by atoms with Crippen LogP contribution in [0.4, 0.5) is 0 Å². The smallest absolute Gasteiger partial charge is 0.170 e. The van der Waals surface area contributed by atoms with Gasteiger partial charge in [-0.1, -0.05) is 0 Å². The Morgan fingerprint density at radius 1 is 1.27 bits per heavy atom. The first-order valence-corrected chi connectivity index (χ1v) is 5.65. The molecule has 0 aromatic rings. The summed E-state index contributed by atoms with van der Waals surface area (Å²) in [7, 11) is 0. The van der Waals surface area contributed by atoms with E-state index in [1.165, 1.54) is 0 Å². The van der Waals surface area contributed by atoms with Crippen LogP contribution in [0.15, 0.2) is 0 Å². The first-order chi connectivity index (χ1) is 7.13. The van der Waals surface area contributed by atoms with Crippen LogP contribution in [0.25, 0.3) is 0 Å². The molecule has 1 unspecified atom stereocenters. The summed E-state index contributed by atoms with van der Waals surface area (Å²) in [6.07, 6.45) is 1.76. The Morgan fingerprint density at radius 3 is 2.27 bits per heavy atom. The van der Waals surface area contributed by atoms with Crippen molar-refractivity contribution in [1.29, 1.82) is 0 Å². The molecule has 4 heteroatoms. The third kappa shape index (κ3) is 2.22. The molecule has 0 bridgehead atoms. The Morgan fingerprint density at radius 2 is 1.80 bits per heavy atom. The summed E-state index contributed by atoms with van der Waals surface area (Å²) in [6.45, 7) is 6.82. The van der Waals surface area contributed by atoms with Crippen molar-refractivity contribution < 1.29 is 14.3 Å². The summed E-state index contributed by atoms with van der Waals surface area (Å²) in [5.74, 6) is -0.0910. The lowest BCUT2D eigenvalue weighted by Crippen LogP contribution is -2.49. The van der Waals surface area contributed by atoms with E-state index >= 15 is 0 Å². The van der Waals surface area contributed by atoms with Crippen LogP contribution in [-0.2, 0) is 14.3 Å². The molecule has 86 valence electrons. The van der Waals surface area contributed by atoms with E-state index in [9.17, 15) is 4.79 Å². The second-order valence-corrected chi connectivity index (χ2v) is 4.43. The molecule has 15 heavy (non-hydrogen) atoms. The monoisotopic (exact) mass is 213 g/mol. The minimum absolute atomic E-state index is 0.0313. The minimum Gasteiger partial charge on any atom is -0.347 e. The van der Waals surface area contributed by atoms with E-state index in [4.69, 9.17) is 9.47 Å². The van der Waals surface area contributed by atoms with Gasteiger partial charge in [-0.25, -0.2) is 0 Å². The lowest BCUT2D eigenvalue weighted by atomic mass is 10.0. The molecule has 1 spiro atoms. The summed E-state index contributed by atoms with van der Waals surface area (Å²) in [5.41, 5.74) is 0. The van der Waals surface area contributed by atoms with Crippen LogP contribution in [0.1, 0.15) is 26.7 Å². The third-order valence-electron chi connectivity index (χ3n) is 3.51. The molecule has 4 nitrogen and oxygen atoms in total. The van der Waals surface area contributed by atoms with Crippen molar-refractivity contribution in [2.45, 2.75) is 38.5 Å². The summed E-state index contributed by atoms with van der Waals surface area (Å²) in [4.78, 5) is 13.5. The number of ether oxygens (including phenoxy) is 2. The molecule has 0 aromatic carbocycles. The molecule has 2 fully saturated rings. The standard InChI is InChI=1S/C11H19NO3/c1-9(10(2)13)12-5-3-11(4-6-12)14-7-8-15-11/h9H,3-8H2,1-2H3. The molecule has 2 aliphatic rings. The highest BCUT2D eigenvalue weighted by Gasteiger charge is 2.40. The zero-order valence-corrected chi connectivity index (χ0v) is 9.49. The van der Waals surface area contributed by atoms with E-state index in [1.807, 2.05) is 6.92 Å². The fourth-order valence-corrected chi connectivity index (χ4v) is 2.29. The minimum atomic E-state index is -0.326. The molecule has 0 saturated carbocycles. The molecule has 2 saturated heterocycles. The Bertz CT molecular complexity index is 238. The zero-order chi connectivity index (χ0) is 10.9. The number of hydrogen-bond donors (Lipinski definition) is 0. The van der Waals surface area contributed by atoms with E-state index in [1.54, 1.807) is 6.92 Å². The number of carbonyl (C=O) groups is 1. The van der Waals surface area contributed by atoms with Crippen LogP contribution in [0, 0.1) is 0 Å². The SMILES string of the molecule is CC(=O)C(C)N1CCC2(CC1)OCCO2. The van der Waals surface area contributed by atoms with Crippen molar-refractivity contribution in [1.82, 2.24) is 4.90 Å². The van der Waals surface area contributed by atoms with Gasteiger partial charge in [0.25, 0.3) is 0 Å². The van der Waals surface area contributed by atoms with Crippen LogP contribution in [-0.4, -0.2) is 48.8 Å². The molecular formula is C11H19NO3. The van der Waals surface area contributed by atoms with E-state index in [-0.39, 0.29) is 17.6 Å². The van der Waals surface area contributed by atoms with Crippen LogP contribution in [0.3, 0.4) is 0 Å². The van der Waals surface area contributed by atoms with Gasteiger partial charge in [0.1, 0.15) is 5.78 Å². The normalized spacial score (nSPS) is 28.1. The number of likely N-dealkylation sites (tertiary alicyclic amines) is 1. The Labute approximate surface area is 90.5 Å². The lowest BCUT2D eigenvalue weighted by Gasteiger charge is -2.39. The Kier molecular flexibility index (Phi) is 3.09. The molecule has 2 aliphatic heterocycles. The number of carbonyl (C=O) groups excluding carboxylic acids is 1.